The molecule has 0 aromatic carbocycles. The molecule has 0 radical (unpaired) electrons. The van der Waals surface area contributed by atoms with Crippen LogP contribution in [0.3, 0.4) is 0 Å². The first kappa shape index (κ1) is 18.1. The van der Waals surface area contributed by atoms with Crippen LogP contribution >= 0.6 is 11.3 Å². The van der Waals surface area contributed by atoms with E-state index in [9.17, 15) is 23.1 Å². The molecule has 3 rings (SSSR count). The van der Waals surface area contributed by atoms with E-state index in [4.69, 9.17) is 0 Å². The second-order valence-corrected chi connectivity index (χ2v) is 8.87. The first-order valence-corrected chi connectivity index (χ1v) is 10.1. The summed E-state index contributed by atoms with van der Waals surface area (Å²) < 4.78 is 29.0. The Morgan fingerprint density at radius 2 is 2.00 bits per heavy atom. The minimum Gasteiger partial charge on any atom is -0.396 e. The lowest BCUT2D eigenvalue weighted by Crippen LogP contribution is -2.42. The second kappa shape index (κ2) is 6.52. The Morgan fingerprint density at radius 1 is 1.28 bits per heavy atom. The van der Waals surface area contributed by atoms with Crippen molar-refractivity contribution in [2.75, 3.05) is 19.7 Å². The number of aryl methyl sites for hydroxylation is 1. The van der Waals surface area contributed by atoms with Crippen LogP contribution in [-0.4, -0.2) is 46.7 Å². The minimum atomic E-state index is -4.07. The van der Waals surface area contributed by atoms with Crippen molar-refractivity contribution >= 4 is 21.4 Å². The molecule has 25 heavy (non-hydrogen) atoms. The maximum absolute atomic E-state index is 13.0. The zero-order valence-corrected chi connectivity index (χ0v) is 15.5. The van der Waals surface area contributed by atoms with Crippen LogP contribution in [0.1, 0.15) is 11.5 Å². The smallest absolute Gasteiger partial charge is 0.330 e. The van der Waals surface area contributed by atoms with E-state index in [-0.39, 0.29) is 31.5 Å². The average molecular weight is 385 g/mol. The van der Waals surface area contributed by atoms with Gasteiger partial charge in [-0.25, -0.2) is 13.2 Å². The Morgan fingerprint density at radius 3 is 2.60 bits per heavy atom. The highest BCUT2D eigenvalue weighted by Crippen LogP contribution is 2.35. The number of nitrogens with zero attached hydrogens (tertiary/aromatic N) is 3. The van der Waals surface area contributed by atoms with Crippen molar-refractivity contribution in [3.63, 3.8) is 0 Å². The Bertz CT molecular complexity index is 991. The van der Waals surface area contributed by atoms with Crippen LogP contribution in [0, 0.1) is 5.92 Å². The van der Waals surface area contributed by atoms with Crippen molar-refractivity contribution in [3.05, 3.63) is 49.4 Å². The summed E-state index contributed by atoms with van der Waals surface area (Å²) in [6, 6.07) is 1.92. The fraction of sp³-hybridized carbons (Fsp3) is 0.467. The molecule has 2 aromatic heterocycles. The van der Waals surface area contributed by atoms with Gasteiger partial charge in [0.05, 0.1) is 0 Å². The van der Waals surface area contributed by atoms with E-state index >= 15 is 0 Å². The first-order valence-electron chi connectivity index (χ1n) is 7.67. The van der Waals surface area contributed by atoms with Crippen LogP contribution < -0.4 is 11.2 Å². The molecule has 0 amide bonds. The average Bonchev–Trinajstić information content (AvgIpc) is 3.24. The van der Waals surface area contributed by atoms with Crippen molar-refractivity contribution < 1.29 is 13.5 Å². The zero-order chi connectivity index (χ0) is 18.4. The number of rotatable bonds is 4. The van der Waals surface area contributed by atoms with E-state index in [2.05, 4.69) is 0 Å². The number of aliphatic hydroxyl groups excluding tert-OH is 1. The molecule has 1 aliphatic heterocycles. The summed E-state index contributed by atoms with van der Waals surface area (Å²) in [5.41, 5.74) is -0.451. The molecule has 1 aliphatic rings. The number of aliphatic hydroxyl groups is 1. The van der Waals surface area contributed by atoms with E-state index in [0.717, 1.165) is 20.9 Å². The zero-order valence-electron chi connectivity index (χ0n) is 13.8. The molecule has 1 saturated heterocycles. The molecule has 1 fully saturated rings. The van der Waals surface area contributed by atoms with Gasteiger partial charge in [0, 0.05) is 51.8 Å². The molecule has 0 spiro atoms. The Labute approximate surface area is 148 Å². The maximum Gasteiger partial charge on any atom is 0.330 e. The van der Waals surface area contributed by atoms with E-state index < -0.39 is 26.2 Å². The fourth-order valence-electron chi connectivity index (χ4n) is 3.17. The van der Waals surface area contributed by atoms with Gasteiger partial charge in [0.2, 0.25) is 10.0 Å². The minimum absolute atomic E-state index is 0.123. The van der Waals surface area contributed by atoms with Crippen LogP contribution in [0.2, 0.25) is 0 Å². The summed E-state index contributed by atoms with van der Waals surface area (Å²) in [4.78, 5) is 23.7. The van der Waals surface area contributed by atoms with E-state index in [1.165, 1.54) is 29.7 Å². The fourth-order valence-corrected chi connectivity index (χ4v) is 5.56. The van der Waals surface area contributed by atoms with E-state index in [1.807, 2.05) is 16.8 Å². The highest BCUT2D eigenvalue weighted by molar-refractivity contribution is 7.89. The molecular formula is C15H19N3O5S2. The van der Waals surface area contributed by atoms with Crippen molar-refractivity contribution in [3.8, 4) is 0 Å². The maximum atomic E-state index is 13.0. The molecule has 136 valence electrons. The van der Waals surface area contributed by atoms with Gasteiger partial charge in [-0.2, -0.15) is 15.6 Å². The number of hydrogen-bond acceptors (Lipinski definition) is 6. The molecular weight excluding hydrogens is 366 g/mol. The van der Waals surface area contributed by atoms with Crippen LogP contribution in [-0.2, 0) is 24.1 Å². The second-order valence-electron chi connectivity index (χ2n) is 6.18. The standard InChI is InChI=1S/C15H19N3O5S2/c1-16-7-13(14(20)17(2)15(16)21)25(22,23)18-5-11(8-19)12(6-18)10-3-4-24-9-10/h3-4,7,9,11-12,19H,5-6,8H2,1-2H3/t11-,12+/m0/s1. The molecule has 2 aromatic rings. The van der Waals surface area contributed by atoms with Gasteiger partial charge in [-0.1, -0.05) is 0 Å². The SMILES string of the molecule is Cn1cc(S(=O)(=O)N2C[C@@H](CO)[C@@H](c3ccsc3)C2)c(=O)n(C)c1=O. The van der Waals surface area contributed by atoms with E-state index in [1.54, 1.807) is 0 Å². The Hall–Kier alpha value is -1.75. The van der Waals surface area contributed by atoms with Gasteiger partial charge < -0.3 is 9.67 Å². The molecule has 0 bridgehead atoms. The quantitative estimate of drug-likeness (QED) is 0.768. The van der Waals surface area contributed by atoms with Crippen LogP contribution in [0.5, 0.6) is 0 Å². The summed E-state index contributed by atoms with van der Waals surface area (Å²) >= 11 is 1.51. The predicted molar refractivity (Wildman–Crippen MR) is 93.3 cm³/mol. The van der Waals surface area contributed by atoms with Gasteiger partial charge in [-0.3, -0.25) is 9.36 Å². The van der Waals surface area contributed by atoms with Gasteiger partial charge in [0.25, 0.3) is 5.56 Å². The number of thiophene rings is 1. The van der Waals surface area contributed by atoms with Gasteiger partial charge >= 0.3 is 5.69 Å². The molecule has 1 N–H and O–H groups in total. The molecule has 0 aliphatic carbocycles. The third-order valence-electron chi connectivity index (χ3n) is 4.65. The number of hydrogen-bond donors (Lipinski definition) is 1. The largest absolute Gasteiger partial charge is 0.396 e. The summed E-state index contributed by atoms with van der Waals surface area (Å²) in [5.74, 6) is -0.358. The lowest BCUT2D eigenvalue weighted by atomic mass is 9.92. The lowest BCUT2D eigenvalue weighted by Gasteiger charge is -2.17. The van der Waals surface area contributed by atoms with Crippen molar-refractivity contribution in [1.29, 1.82) is 0 Å². The summed E-state index contributed by atoms with van der Waals surface area (Å²) in [6.45, 7) is 0.180. The van der Waals surface area contributed by atoms with Crippen molar-refractivity contribution in [2.45, 2.75) is 10.8 Å². The summed E-state index contributed by atoms with van der Waals surface area (Å²) in [7, 11) is -1.42. The molecule has 2 atom stereocenters. The highest BCUT2D eigenvalue weighted by atomic mass is 32.2. The molecule has 10 heteroatoms. The topological polar surface area (TPSA) is 102 Å². The van der Waals surface area contributed by atoms with Gasteiger partial charge in [-0.05, 0) is 22.4 Å². The van der Waals surface area contributed by atoms with Gasteiger partial charge in [0.1, 0.15) is 0 Å². The molecule has 0 unspecified atom stereocenters. The van der Waals surface area contributed by atoms with Crippen molar-refractivity contribution in [1.82, 2.24) is 13.4 Å². The van der Waals surface area contributed by atoms with E-state index in [0.29, 0.717) is 0 Å². The number of aromatic nitrogens is 2. The van der Waals surface area contributed by atoms with Crippen LogP contribution in [0.15, 0.2) is 37.5 Å². The van der Waals surface area contributed by atoms with Crippen LogP contribution in [0.25, 0.3) is 0 Å². The van der Waals surface area contributed by atoms with Crippen molar-refractivity contribution in [2.24, 2.45) is 20.0 Å². The monoisotopic (exact) mass is 385 g/mol. The summed E-state index contributed by atoms with van der Waals surface area (Å²) in [5, 5.41) is 13.5. The molecule has 0 saturated carbocycles. The first-order chi connectivity index (χ1) is 11.8. The number of sulfonamides is 1. The Kier molecular flexibility index (Phi) is 4.71. The van der Waals surface area contributed by atoms with Gasteiger partial charge in [-0.15, -0.1) is 0 Å². The summed E-state index contributed by atoms with van der Waals surface area (Å²) in [6.07, 6.45) is 1.06. The molecule has 8 nitrogen and oxygen atoms in total. The Balaban J connectivity index is 2.02. The lowest BCUT2D eigenvalue weighted by molar-refractivity contribution is 0.223. The third kappa shape index (κ3) is 2.99. The molecule has 3 heterocycles. The predicted octanol–water partition coefficient (Wildman–Crippen LogP) is -0.458. The highest BCUT2D eigenvalue weighted by Gasteiger charge is 2.41. The van der Waals surface area contributed by atoms with Crippen LogP contribution in [0.4, 0.5) is 0 Å². The van der Waals surface area contributed by atoms with Gasteiger partial charge in [0.15, 0.2) is 4.90 Å². The normalized spacial score (nSPS) is 21.7. The third-order valence-corrected chi connectivity index (χ3v) is 7.16.